The highest BCUT2D eigenvalue weighted by molar-refractivity contribution is 5.98. The van der Waals surface area contributed by atoms with E-state index in [0.717, 1.165) is 31.7 Å². The van der Waals surface area contributed by atoms with Crippen molar-refractivity contribution in [3.63, 3.8) is 0 Å². The maximum atomic E-state index is 12.2. The van der Waals surface area contributed by atoms with Crippen molar-refractivity contribution in [3.8, 4) is 5.75 Å². The Balaban J connectivity index is 1.78. The molecule has 23 heavy (non-hydrogen) atoms. The number of carbonyl (C=O) groups is 2. The van der Waals surface area contributed by atoms with Crippen molar-refractivity contribution >= 4 is 11.7 Å². The molecule has 5 heteroatoms. The Morgan fingerprint density at radius 1 is 1.17 bits per heavy atom. The van der Waals surface area contributed by atoms with Crippen LogP contribution in [0.4, 0.5) is 0 Å². The number of likely N-dealkylation sites (tertiary alicyclic amines) is 1. The third-order valence-corrected chi connectivity index (χ3v) is 4.35. The third-order valence-electron chi connectivity index (χ3n) is 4.35. The van der Waals surface area contributed by atoms with E-state index in [4.69, 9.17) is 10.5 Å². The Labute approximate surface area is 137 Å². The smallest absolute Gasteiger partial charge is 0.223 e. The molecule has 0 unspecified atom stereocenters. The molecule has 5 nitrogen and oxygen atoms in total. The number of Topliss-reactive ketones (excluding diaryl/α,β-unsaturated/α-hetero) is 1. The Hall–Kier alpha value is -1.88. The molecule has 1 amide bonds. The minimum absolute atomic E-state index is 0.00163. The number of rotatable bonds is 7. The SMILES string of the molecule is CCOc1ccc(C(=O)CCC(=O)N2CCC(CN)CC2)cc1. The summed E-state index contributed by atoms with van der Waals surface area (Å²) in [6, 6.07) is 7.08. The molecule has 1 heterocycles. The predicted octanol–water partition coefficient (Wildman–Crippen LogP) is 2.25. The molecule has 1 aromatic carbocycles. The van der Waals surface area contributed by atoms with Crippen molar-refractivity contribution in [3.05, 3.63) is 29.8 Å². The lowest BCUT2D eigenvalue weighted by molar-refractivity contribution is -0.132. The summed E-state index contributed by atoms with van der Waals surface area (Å²) >= 11 is 0. The minimum Gasteiger partial charge on any atom is -0.494 e. The van der Waals surface area contributed by atoms with Gasteiger partial charge in [0.05, 0.1) is 6.61 Å². The van der Waals surface area contributed by atoms with Crippen molar-refractivity contribution in [1.29, 1.82) is 0 Å². The van der Waals surface area contributed by atoms with Gasteiger partial charge in [0.15, 0.2) is 5.78 Å². The number of ketones is 1. The monoisotopic (exact) mass is 318 g/mol. The van der Waals surface area contributed by atoms with E-state index < -0.39 is 0 Å². The number of piperidine rings is 1. The zero-order chi connectivity index (χ0) is 16.7. The van der Waals surface area contributed by atoms with E-state index in [-0.39, 0.29) is 24.5 Å². The predicted molar refractivity (Wildman–Crippen MR) is 89.5 cm³/mol. The van der Waals surface area contributed by atoms with Gasteiger partial charge in [-0.25, -0.2) is 0 Å². The normalized spacial score (nSPS) is 15.5. The number of hydrogen-bond donors (Lipinski definition) is 1. The van der Waals surface area contributed by atoms with E-state index in [1.807, 2.05) is 11.8 Å². The molecule has 0 saturated carbocycles. The topological polar surface area (TPSA) is 72.6 Å². The summed E-state index contributed by atoms with van der Waals surface area (Å²) in [6.45, 7) is 4.73. The summed E-state index contributed by atoms with van der Waals surface area (Å²) in [4.78, 5) is 26.2. The molecule has 0 bridgehead atoms. The van der Waals surface area contributed by atoms with E-state index in [9.17, 15) is 9.59 Å². The summed E-state index contributed by atoms with van der Waals surface area (Å²) in [5.41, 5.74) is 6.29. The molecule has 1 aliphatic heterocycles. The van der Waals surface area contributed by atoms with E-state index in [0.29, 0.717) is 24.6 Å². The lowest BCUT2D eigenvalue weighted by Crippen LogP contribution is -2.40. The summed E-state index contributed by atoms with van der Waals surface area (Å²) in [5, 5.41) is 0. The van der Waals surface area contributed by atoms with Gasteiger partial charge in [-0.15, -0.1) is 0 Å². The number of nitrogens with two attached hydrogens (primary N) is 1. The van der Waals surface area contributed by atoms with Gasteiger partial charge in [0, 0.05) is 31.5 Å². The second-order valence-electron chi connectivity index (χ2n) is 5.94. The van der Waals surface area contributed by atoms with Crippen LogP contribution in [0.1, 0.15) is 43.0 Å². The average molecular weight is 318 g/mol. The Morgan fingerprint density at radius 2 is 1.83 bits per heavy atom. The molecular weight excluding hydrogens is 292 g/mol. The summed E-state index contributed by atoms with van der Waals surface area (Å²) in [7, 11) is 0. The first-order valence-corrected chi connectivity index (χ1v) is 8.38. The van der Waals surface area contributed by atoms with Gasteiger partial charge in [-0.3, -0.25) is 9.59 Å². The van der Waals surface area contributed by atoms with E-state index in [2.05, 4.69) is 0 Å². The van der Waals surface area contributed by atoms with Crippen molar-refractivity contribution in [2.75, 3.05) is 26.2 Å². The van der Waals surface area contributed by atoms with Crippen LogP contribution in [-0.2, 0) is 4.79 Å². The van der Waals surface area contributed by atoms with Crippen molar-refractivity contribution in [2.45, 2.75) is 32.6 Å². The zero-order valence-corrected chi connectivity index (χ0v) is 13.8. The maximum absolute atomic E-state index is 12.2. The van der Waals surface area contributed by atoms with Crippen LogP contribution in [0.15, 0.2) is 24.3 Å². The van der Waals surface area contributed by atoms with Gasteiger partial charge in [0.1, 0.15) is 5.75 Å². The Morgan fingerprint density at radius 3 is 2.39 bits per heavy atom. The molecule has 0 aliphatic carbocycles. The molecule has 126 valence electrons. The molecule has 0 atom stereocenters. The standard InChI is InChI=1S/C18H26N2O3/c1-2-23-16-5-3-15(4-6-16)17(21)7-8-18(22)20-11-9-14(13-19)10-12-20/h3-6,14H,2,7-13,19H2,1H3. The Bertz CT molecular complexity index is 520. The first-order valence-electron chi connectivity index (χ1n) is 8.38. The first-order chi connectivity index (χ1) is 11.1. The van der Waals surface area contributed by atoms with E-state index >= 15 is 0 Å². The summed E-state index contributed by atoms with van der Waals surface area (Å²) in [5.74, 6) is 1.35. The number of ether oxygens (including phenoxy) is 1. The fourth-order valence-electron chi connectivity index (χ4n) is 2.84. The fourth-order valence-corrected chi connectivity index (χ4v) is 2.84. The molecule has 0 spiro atoms. The highest BCUT2D eigenvalue weighted by Crippen LogP contribution is 2.18. The molecule has 0 aromatic heterocycles. The van der Waals surface area contributed by atoms with Gasteiger partial charge in [-0.1, -0.05) is 0 Å². The number of carbonyl (C=O) groups excluding carboxylic acids is 2. The van der Waals surface area contributed by atoms with E-state index in [1.165, 1.54) is 0 Å². The quantitative estimate of drug-likeness (QED) is 0.783. The van der Waals surface area contributed by atoms with Gasteiger partial charge >= 0.3 is 0 Å². The van der Waals surface area contributed by atoms with Crippen LogP contribution in [0.5, 0.6) is 5.75 Å². The number of benzene rings is 1. The highest BCUT2D eigenvalue weighted by Gasteiger charge is 2.22. The molecule has 2 rings (SSSR count). The summed E-state index contributed by atoms with van der Waals surface area (Å²) in [6.07, 6.45) is 2.47. The third kappa shape index (κ3) is 5.06. The number of amides is 1. The van der Waals surface area contributed by atoms with Crippen molar-refractivity contribution in [2.24, 2.45) is 11.7 Å². The average Bonchev–Trinajstić information content (AvgIpc) is 2.60. The van der Waals surface area contributed by atoms with Crippen molar-refractivity contribution in [1.82, 2.24) is 4.90 Å². The van der Waals surface area contributed by atoms with Crippen LogP contribution in [0.25, 0.3) is 0 Å². The van der Waals surface area contributed by atoms with Crippen LogP contribution in [0.2, 0.25) is 0 Å². The van der Waals surface area contributed by atoms with Crippen LogP contribution >= 0.6 is 0 Å². The molecule has 1 saturated heterocycles. The lowest BCUT2D eigenvalue weighted by Gasteiger charge is -2.31. The lowest BCUT2D eigenvalue weighted by atomic mass is 9.96. The molecule has 1 aromatic rings. The Kier molecular flexibility index (Phi) is 6.59. The van der Waals surface area contributed by atoms with Crippen LogP contribution in [-0.4, -0.2) is 42.8 Å². The molecule has 0 radical (unpaired) electrons. The molecule has 1 aliphatic rings. The van der Waals surface area contributed by atoms with E-state index in [1.54, 1.807) is 24.3 Å². The van der Waals surface area contributed by atoms with Crippen LogP contribution in [0.3, 0.4) is 0 Å². The number of nitrogens with zero attached hydrogens (tertiary/aromatic N) is 1. The highest BCUT2D eigenvalue weighted by atomic mass is 16.5. The second-order valence-corrected chi connectivity index (χ2v) is 5.94. The summed E-state index contributed by atoms with van der Waals surface area (Å²) < 4.78 is 5.36. The van der Waals surface area contributed by atoms with Crippen LogP contribution in [0, 0.1) is 5.92 Å². The maximum Gasteiger partial charge on any atom is 0.223 e. The molecular formula is C18H26N2O3. The fraction of sp³-hybridized carbons (Fsp3) is 0.556. The largest absolute Gasteiger partial charge is 0.494 e. The minimum atomic E-state index is -0.00163. The molecule has 2 N–H and O–H groups in total. The van der Waals surface area contributed by atoms with Gasteiger partial charge in [-0.05, 0) is 56.5 Å². The van der Waals surface area contributed by atoms with Gasteiger partial charge < -0.3 is 15.4 Å². The zero-order valence-electron chi connectivity index (χ0n) is 13.8. The number of hydrogen-bond acceptors (Lipinski definition) is 4. The van der Waals surface area contributed by atoms with Crippen LogP contribution < -0.4 is 10.5 Å². The first kappa shape index (κ1) is 17.5. The van der Waals surface area contributed by atoms with Crippen molar-refractivity contribution < 1.29 is 14.3 Å². The van der Waals surface area contributed by atoms with Gasteiger partial charge in [-0.2, -0.15) is 0 Å². The molecule has 1 fully saturated rings. The van der Waals surface area contributed by atoms with Gasteiger partial charge in [0.25, 0.3) is 0 Å². The van der Waals surface area contributed by atoms with Gasteiger partial charge in [0.2, 0.25) is 5.91 Å². The second kappa shape index (κ2) is 8.67.